The van der Waals surface area contributed by atoms with Crippen LogP contribution in [0.15, 0.2) is 18.2 Å². The lowest BCUT2D eigenvalue weighted by molar-refractivity contribution is -0.138. The molecule has 1 atom stereocenters. The highest BCUT2D eigenvalue weighted by Crippen LogP contribution is 2.22. The Hall–Kier alpha value is -1.63. The molecular weight excluding hydrogens is 320 g/mol. The fraction of sp³-hybridized carbons (Fsp3) is 0.632. The summed E-state index contributed by atoms with van der Waals surface area (Å²) in [5.74, 6) is 0.191. The standard InChI is InChI=1S/C19H30N2O4/c1-15-6-4-7-16(2)19(15)25-10-5-8-21-9-11-24-17(13-21)12-20(3)14-18(22)23/h4,6-7,17H,5,8-14H2,1-3H3,(H,22,23). The van der Waals surface area contributed by atoms with Gasteiger partial charge in [0.2, 0.25) is 0 Å². The zero-order chi connectivity index (χ0) is 18.2. The van der Waals surface area contributed by atoms with Gasteiger partial charge in [-0.1, -0.05) is 18.2 Å². The zero-order valence-corrected chi connectivity index (χ0v) is 15.5. The molecule has 1 aliphatic heterocycles. The van der Waals surface area contributed by atoms with Gasteiger partial charge in [0.15, 0.2) is 0 Å². The number of carboxylic acids is 1. The SMILES string of the molecule is Cc1cccc(C)c1OCCCN1CCOC(CN(C)CC(=O)O)C1. The van der Waals surface area contributed by atoms with Crippen LogP contribution in [-0.2, 0) is 9.53 Å². The molecule has 2 rings (SSSR count). The van der Waals surface area contributed by atoms with Crippen LogP contribution in [0, 0.1) is 13.8 Å². The van der Waals surface area contributed by atoms with E-state index in [-0.39, 0.29) is 12.6 Å². The molecule has 0 saturated carbocycles. The van der Waals surface area contributed by atoms with E-state index in [1.165, 1.54) is 11.1 Å². The molecule has 1 heterocycles. The maximum atomic E-state index is 10.7. The van der Waals surface area contributed by atoms with Gasteiger partial charge in [0.05, 0.1) is 25.9 Å². The molecule has 1 unspecified atom stereocenters. The third-order valence-electron chi connectivity index (χ3n) is 4.42. The Morgan fingerprint density at radius 3 is 2.80 bits per heavy atom. The molecule has 0 aliphatic carbocycles. The van der Waals surface area contributed by atoms with Crippen LogP contribution in [0.25, 0.3) is 0 Å². The van der Waals surface area contributed by atoms with Crippen molar-refractivity contribution < 1.29 is 19.4 Å². The molecule has 25 heavy (non-hydrogen) atoms. The first-order chi connectivity index (χ1) is 12.0. The molecule has 1 fully saturated rings. The van der Waals surface area contributed by atoms with Gasteiger partial charge >= 0.3 is 5.97 Å². The van der Waals surface area contributed by atoms with Crippen molar-refractivity contribution in [1.29, 1.82) is 0 Å². The molecule has 0 amide bonds. The number of carboxylic acid groups (broad SMARTS) is 1. The van der Waals surface area contributed by atoms with E-state index in [1.54, 1.807) is 4.90 Å². The van der Waals surface area contributed by atoms with E-state index in [0.717, 1.165) is 31.8 Å². The van der Waals surface area contributed by atoms with Gasteiger partial charge in [-0.3, -0.25) is 14.6 Å². The molecule has 1 aromatic rings. The second-order valence-electron chi connectivity index (χ2n) is 6.81. The number of nitrogens with zero attached hydrogens (tertiary/aromatic N) is 2. The largest absolute Gasteiger partial charge is 0.493 e. The van der Waals surface area contributed by atoms with Gasteiger partial charge in [0, 0.05) is 26.2 Å². The quantitative estimate of drug-likeness (QED) is 0.685. The minimum Gasteiger partial charge on any atom is -0.493 e. The molecule has 1 aliphatic rings. The summed E-state index contributed by atoms with van der Waals surface area (Å²) in [6.07, 6.45) is 1.03. The minimum atomic E-state index is -0.807. The van der Waals surface area contributed by atoms with Crippen LogP contribution in [0.3, 0.4) is 0 Å². The molecule has 1 N–H and O–H groups in total. The maximum absolute atomic E-state index is 10.7. The van der Waals surface area contributed by atoms with E-state index in [2.05, 4.69) is 30.9 Å². The number of ether oxygens (including phenoxy) is 2. The van der Waals surface area contributed by atoms with Gasteiger partial charge in [0.25, 0.3) is 0 Å². The summed E-state index contributed by atoms with van der Waals surface area (Å²) in [5, 5.41) is 8.83. The first-order valence-corrected chi connectivity index (χ1v) is 8.89. The fourth-order valence-electron chi connectivity index (χ4n) is 3.23. The van der Waals surface area contributed by atoms with Crippen LogP contribution in [0.5, 0.6) is 5.75 Å². The van der Waals surface area contributed by atoms with Crippen LogP contribution >= 0.6 is 0 Å². The van der Waals surface area contributed by atoms with E-state index < -0.39 is 5.97 Å². The lowest BCUT2D eigenvalue weighted by Crippen LogP contribution is -2.47. The normalized spacial score (nSPS) is 18.5. The highest BCUT2D eigenvalue weighted by molar-refractivity contribution is 5.69. The number of rotatable bonds is 9. The number of carbonyl (C=O) groups is 1. The van der Waals surface area contributed by atoms with Crippen LogP contribution in [0.1, 0.15) is 17.5 Å². The lowest BCUT2D eigenvalue weighted by atomic mass is 10.1. The molecule has 0 aromatic heterocycles. The van der Waals surface area contributed by atoms with Crippen LogP contribution in [0.2, 0.25) is 0 Å². The van der Waals surface area contributed by atoms with Gasteiger partial charge in [-0.2, -0.15) is 0 Å². The molecule has 0 bridgehead atoms. The summed E-state index contributed by atoms with van der Waals surface area (Å²) in [4.78, 5) is 14.9. The highest BCUT2D eigenvalue weighted by Gasteiger charge is 2.22. The van der Waals surface area contributed by atoms with Crippen molar-refractivity contribution in [2.24, 2.45) is 0 Å². The van der Waals surface area contributed by atoms with Crippen molar-refractivity contribution in [2.45, 2.75) is 26.4 Å². The predicted molar refractivity (Wildman–Crippen MR) is 97.3 cm³/mol. The third kappa shape index (κ3) is 6.65. The Balaban J connectivity index is 1.69. The monoisotopic (exact) mass is 350 g/mol. The van der Waals surface area contributed by atoms with Gasteiger partial charge < -0.3 is 14.6 Å². The first kappa shape index (κ1) is 19.7. The van der Waals surface area contributed by atoms with Crippen LogP contribution in [-0.4, -0.2) is 80.0 Å². The van der Waals surface area contributed by atoms with Gasteiger partial charge in [0.1, 0.15) is 5.75 Å². The zero-order valence-electron chi connectivity index (χ0n) is 15.5. The first-order valence-electron chi connectivity index (χ1n) is 8.89. The summed E-state index contributed by atoms with van der Waals surface area (Å²) in [7, 11) is 1.81. The van der Waals surface area contributed by atoms with Crippen molar-refractivity contribution in [3.8, 4) is 5.75 Å². The Morgan fingerprint density at radius 2 is 2.12 bits per heavy atom. The second kappa shape index (κ2) is 9.75. The smallest absolute Gasteiger partial charge is 0.317 e. The molecule has 0 radical (unpaired) electrons. The number of benzene rings is 1. The highest BCUT2D eigenvalue weighted by atomic mass is 16.5. The summed E-state index contributed by atoms with van der Waals surface area (Å²) >= 11 is 0. The average molecular weight is 350 g/mol. The number of para-hydroxylation sites is 1. The van der Waals surface area contributed by atoms with Gasteiger partial charge in [-0.25, -0.2) is 0 Å². The summed E-state index contributed by atoms with van der Waals surface area (Å²) < 4.78 is 11.7. The van der Waals surface area contributed by atoms with Gasteiger partial charge in [-0.15, -0.1) is 0 Å². The number of morpholine rings is 1. The minimum absolute atomic E-state index is 0.0451. The van der Waals surface area contributed by atoms with Crippen molar-refractivity contribution in [3.05, 3.63) is 29.3 Å². The molecule has 1 aromatic carbocycles. The Kier molecular flexibility index (Phi) is 7.68. The fourth-order valence-corrected chi connectivity index (χ4v) is 3.23. The number of aliphatic carboxylic acids is 1. The summed E-state index contributed by atoms with van der Waals surface area (Å²) in [5.41, 5.74) is 2.35. The topological polar surface area (TPSA) is 62.2 Å². The van der Waals surface area contributed by atoms with Crippen molar-refractivity contribution in [1.82, 2.24) is 9.80 Å². The molecule has 6 nitrogen and oxygen atoms in total. The molecule has 6 heteroatoms. The van der Waals surface area contributed by atoms with E-state index in [4.69, 9.17) is 14.6 Å². The van der Waals surface area contributed by atoms with Gasteiger partial charge in [-0.05, 0) is 38.4 Å². The third-order valence-corrected chi connectivity index (χ3v) is 4.42. The van der Waals surface area contributed by atoms with Crippen LogP contribution < -0.4 is 4.74 Å². The Morgan fingerprint density at radius 1 is 1.40 bits per heavy atom. The average Bonchev–Trinajstić information content (AvgIpc) is 2.53. The number of aryl methyl sites for hydroxylation is 2. The maximum Gasteiger partial charge on any atom is 0.317 e. The van der Waals surface area contributed by atoms with Crippen molar-refractivity contribution >= 4 is 5.97 Å². The van der Waals surface area contributed by atoms with E-state index in [9.17, 15) is 4.79 Å². The Bertz CT molecular complexity index is 544. The molecule has 0 spiro atoms. The van der Waals surface area contributed by atoms with E-state index in [0.29, 0.717) is 19.8 Å². The number of hydrogen-bond acceptors (Lipinski definition) is 5. The lowest BCUT2D eigenvalue weighted by Gasteiger charge is -2.34. The molecule has 1 saturated heterocycles. The number of hydrogen-bond donors (Lipinski definition) is 1. The van der Waals surface area contributed by atoms with E-state index >= 15 is 0 Å². The summed E-state index contributed by atoms with van der Waals surface area (Å²) in [6, 6.07) is 6.19. The molecular formula is C19H30N2O4. The van der Waals surface area contributed by atoms with Crippen molar-refractivity contribution in [2.75, 3.05) is 53.0 Å². The second-order valence-corrected chi connectivity index (χ2v) is 6.81. The Labute approximate surface area is 150 Å². The van der Waals surface area contributed by atoms with Crippen LogP contribution in [0.4, 0.5) is 0 Å². The summed E-state index contributed by atoms with van der Waals surface area (Å²) in [6.45, 7) is 8.95. The van der Waals surface area contributed by atoms with Crippen molar-refractivity contribution in [3.63, 3.8) is 0 Å². The predicted octanol–water partition coefficient (Wildman–Crippen LogP) is 1.79. The molecule has 140 valence electrons. The number of likely N-dealkylation sites (N-methyl/N-ethyl adjacent to an activating group) is 1. The van der Waals surface area contributed by atoms with E-state index in [1.807, 2.05) is 13.1 Å².